The molecule has 8 aromatic rings. The van der Waals surface area contributed by atoms with Gasteiger partial charge in [0.1, 0.15) is 11.5 Å². The van der Waals surface area contributed by atoms with Crippen molar-refractivity contribution < 1.29 is 9.30 Å². The lowest BCUT2D eigenvalue weighted by Crippen LogP contribution is -2.26. The van der Waals surface area contributed by atoms with Crippen molar-refractivity contribution in [2.45, 2.75) is 0 Å². The van der Waals surface area contributed by atoms with Gasteiger partial charge in [0.25, 0.3) is 0 Å². The van der Waals surface area contributed by atoms with Gasteiger partial charge in [-0.3, -0.25) is 0 Å². The van der Waals surface area contributed by atoms with Crippen LogP contribution in [0.25, 0.3) is 0 Å². The summed E-state index contributed by atoms with van der Waals surface area (Å²) in [6, 6.07) is 74.7. The van der Waals surface area contributed by atoms with E-state index in [0.717, 1.165) is 44.7 Å². The summed E-state index contributed by atoms with van der Waals surface area (Å²) < 4.78 is 22.8. The zero-order chi connectivity index (χ0) is 35.9. The lowest BCUT2D eigenvalue weighted by molar-refractivity contribution is 0.486. The number of anilines is 6. The van der Waals surface area contributed by atoms with Gasteiger partial charge in [-0.25, -0.2) is 0 Å². The van der Waals surface area contributed by atoms with Crippen molar-refractivity contribution in [3.63, 3.8) is 0 Å². The van der Waals surface area contributed by atoms with Gasteiger partial charge in [-0.1, -0.05) is 133 Å². The van der Waals surface area contributed by atoms with Gasteiger partial charge in [0.15, 0.2) is 7.14 Å². The molecular weight excluding hydrogens is 668 g/mol. The van der Waals surface area contributed by atoms with E-state index in [9.17, 15) is 0 Å². The Morgan fingerprint density at radius 2 is 0.660 bits per heavy atom. The summed E-state index contributed by atoms with van der Waals surface area (Å²) in [6.45, 7) is 0. The van der Waals surface area contributed by atoms with Gasteiger partial charge in [0.05, 0.1) is 5.30 Å². The maximum atomic E-state index is 16.0. The predicted molar refractivity (Wildman–Crippen MR) is 222 cm³/mol. The lowest BCUT2D eigenvalue weighted by atomic mass is 10.2. The van der Waals surface area contributed by atoms with Crippen LogP contribution in [0.1, 0.15) is 0 Å². The molecule has 4 nitrogen and oxygen atoms in total. The van der Waals surface area contributed by atoms with E-state index in [0.29, 0.717) is 16.8 Å². The Labute approximate surface area is 311 Å². The summed E-state index contributed by atoms with van der Waals surface area (Å²) in [5, 5.41) is 2.08. The first-order chi connectivity index (χ1) is 26.2. The number of nitrogens with zero attached hydrogens (tertiary/aromatic N) is 2. The average Bonchev–Trinajstić information content (AvgIpc) is 3.24. The summed E-state index contributed by atoms with van der Waals surface area (Å²) in [5.41, 5.74) is 5.95. The van der Waals surface area contributed by atoms with Gasteiger partial charge in [-0.15, -0.1) is 0 Å². The minimum absolute atomic E-state index is 0.529. The number of benzene rings is 8. The molecule has 256 valence electrons. The highest BCUT2D eigenvalue weighted by Gasteiger charge is 2.34. The molecule has 0 heterocycles. The first kappa shape index (κ1) is 33.5. The number of hydrogen-bond acceptors (Lipinski definition) is 4. The molecule has 0 aromatic heterocycles. The standard InChI is InChI=1S/C48H37N2O2P/c51-53(45-27-15-5-16-28-45,46-29-17-6-18-30-46)48-37-43(50(40-23-11-3-12-24-40)41-25-13-4-14-26-41)33-36-47(48)52-44-34-31-42(32-35-44)49(38-19-7-1-8-20-38)39-21-9-2-10-22-39/h1-37H. The van der Waals surface area contributed by atoms with E-state index in [1.54, 1.807) is 0 Å². The van der Waals surface area contributed by atoms with Crippen molar-refractivity contribution >= 4 is 57.2 Å². The van der Waals surface area contributed by atoms with Crippen LogP contribution in [0.2, 0.25) is 0 Å². The van der Waals surface area contributed by atoms with Gasteiger partial charge >= 0.3 is 0 Å². The van der Waals surface area contributed by atoms with Crippen LogP contribution in [0.15, 0.2) is 224 Å². The Bertz CT molecular complexity index is 2310. The second-order valence-corrected chi connectivity index (χ2v) is 15.3. The third-order valence-electron chi connectivity index (χ3n) is 9.16. The average molecular weight is 705 g/mol. The van der Waals surface area contributed by atoms with Gasteiger partial charge < -0.3 is 19.1 Å². The van der Waals surface area contributed by atoms with Crippen LogP contribution in [0.3, 0.4) is 0 Å². The smallest absolute Gasteiger partial charge is 0.174 e. The highest BCUT2D eigenvalue weighted by molar-refractivity contribution is 7.85. The van der Waals surface area contributed by atoms with Crippen molar-refractivity contribution in [2.75, 3.05) is 9.80 Å². The second-order valence-electron chi connectivity index (χ2n) is 12.5. The van der Waals surface area contributed by atoms with E-state index in [-0.39, 0.29) is 0 Å². The Morgan fingerprint density at radius 1 is 0.340 bits per heavy atom. The number of rotatable bonds is 11. The molecule has 0 aliphatic carbocycles. The van der Waals surface area contributed by atoms with Gasteiger partial charge in [0, 0.05) is 44.7 Å². The Kier molecular flexibility index (Phi) is 9.70. The van der Waals surface area contributed by atoms with Crippen molar-refractivity contribution in [1.29, 1.82) is 0 Å². The molecule has 0 N–H and O–H groups in total. The summed E-state index contributed by atoms with van der Waals surface area (Å²) in [4.78, 5) is 4.40. The van der Waals surface area contributed by atoms with E-state index in [2.05, 4.69) is 70.5 Å². The molecule has 0 unspecified atom stereocenters. The SMILES string of the molecule is O=P(c1ccccc1)(c1ccccc1)c1cc(N(c2ccccc2)c2ccccc2)ccc1Oc1ccc(N(c2ccccc2)c2ccccc2)cc1. The van der Waals surface area contributed by atoms with E-state index >= 15 is 4.57 Å². The normalized spacial score (nSPS) is 11.1. The summed E-state index contributed by atoms with van der Waals surface area (Å²) in [5.74, 6) is 1.17. The van der Waals surface area contributed by atoms with Crippen LogP contribution in [-0.2, 0) is 4.57 Å². The van der Waals surface area contributed by atoms with Crippen LogP contribution in [0.4, 0.5) is 34.1 Å². The molecule has 8 aromatic carbocycles. The van der Waals surface area contributed by atoms with E-state index in [1.807, 2.05) is 164 Å². The van der Waals surface area contributed by atoms with Crippen molar-refractivity contribution in [3.8, 4) is 11.5 Å². The van der Waals surface area contributed by atoms with Crippen LogP contribution in [0, 0.1) is 0 Å². The highest BCUT2D eigenvalue weighted by Crippen LogP contribution is 2.48. The zero-order valence-corrected chi connectivity index (χ0v) is 29.9. The quantitative estimate of drug-likeness (QED) is 0.126. The Hall–Kier alpha value is -6.61. The molecule has 0 saturated carbocycles. The maximum Gasteiger partial charge on any atom is 0.174 e. The zero-order valence-electron chi connectivity index (χ0n) is 29.0. The predicted octanol–water partition coefficient (Wildman–Crippen LogP) is 12.1. The van der Waals surface area contributed by atoms with E-state index < -0.39 is 7.14 Å². The monoisotopic (exact) mass is 704 g/mol. The molecule has 0 fully saturated rings. The number of ether oxygens (including phenoxy) is 1. The molecule has 53 heavy (non-hydrogen) atoms. The van der Waals surface area contributed by atoms with Crippen LogP contribution in [-0.4, -0.2) is 0 Å². The molecule has 0 spiro atoms. The molecular formula is C48H37N2O2P. The number of hydrogen-bond donors (Lipinski definition) is 0. The van der Waals surface area contributed by atoms with Crippen LogP contribution < -0.4 is 30.5 Å². The summed E-state index contributed by atoms with van der Waals surface area (Å²) >= 11 is 0. The molecule has 5 heteroatoms. The third kappa shape index (κ3) is 7.01. The van der Waals surface area contributed by atoms with Gasteiger partial charge in [-0.05, 0) is 91.0 Å². The minimum Gasteiger partial charge on any atom is -0.457 e. The molecule has 0 aliphatic heterocycles. The fraction of sp³-hybridized carbons (Fsp3) is 0. The molecule has 8 rings (SSSR count). The molecule has 0 amide bonds. The molecule has 0 atom stereocenters. The van der Waals surface area contributed by atoms with E-state index in [1.165, 1.54) is 0 Å². The maximum absolute atomic E-state index is 16.0. The van der Waals surface area contributed by atoms with Crippen molar-refractivity contribution in [3.05, 3.63) is 224 Å². The first-order valence-corrected chi connectivity index (χ1v) is 19.3. The van der Waals surface area contributed by atoms with Gasteiger partial charge in [-0.2, -0.15) is 0 Å². The Morgan fingerprint density at radius 3 is 1.06 bits per heavy atom. The van der Waals surface area contributed by atoms with Crippen molar-refractivity contribution in [1.82, 2.24) is 0 Å². The molecule has 0 radical (unpaired) electrons. The van der Waals surface area contributed by atoms with E-state index in [4.69, 9.17) is 4.74 Å². The first-order valence-electron chi connectivity index (χ1n) is 17.6. The second kappa shape index (κ2) is 15.3. The minimum atomic E-state index is -3.47. The number of para-hydroxylation sites is 4. The third-order valence-corrected chi connectivity index (χ3v) is 12.2. The van der Waals surface area contributed by atoms with Crippen LogP contribution >= 0.6 is 7.14 Å². The topological polar surface area (TPSA) is 32.8 Å². The fourth-order valence-corrected chi connectivity index (χ4v) is 9.46. The van der Waals surface area contributed by atoms with Crippen LogP contribution in [0.5, 0.6) is 11.5 Å². The molecule has 0 bridgehead atoms. The molecule has 0 saturated heterocycles. The highest BCUT2D eigenvalue weighted by atomic mass is 31.2. The fourth-order valence-electron chi connectivity index (χ4n) is 6.67. The molecule has 0 aliphatic rings. The van der Waals surface area contributed by atoms with Crippen molar-refractivity contribution in [2.24, 2.45) is 0 Å². The largest absolute Gasteiger partial charge is 0.457 e. The van der Waals surface area contributed by atoms with Gasteiger partial charge in [0.2, 0.25) is 0 Å². The Balaban J connectivity index is 1.27. The summed E-state index contributed by atoms with van der Waals surface area (Å²) in [7, 11) is -3.47. The summed E-state index contributed by atoms with van der Waals surface area (Å²) in [6.07, 6.45) is 0. The lowest BCUT2D eigenvalue weighted by Gasteiger charge is -2.28.